The highest BCUT2D eigenvalue weighted by Crippen LogP contribution is 2.19. The Hall–Kier alpha value is -2.83. The first-order chi connectivity index (χ1) is 11.7. The minimum absolute atomic E-state index is 0.228. The summed E-state index contributed by atoms with van der Waals surface area (Å²) >= 11 is 0. The highest BCUT2D eigenvalue weighted by Gasteiger charge is 2.05. The molecule has 3 rings (SSSR count). The molecule has 0 unspecified atom stereocenters. The van der Waals surface area contributed by atoms with E-state index in [0.717, 1.165) is 41.1 Å². The fourth-order valence-corrected chi connectivity index (χ4v) is 2.65. The molecule has 0 spiro atoms. The van der Waals surface area contributed by atoms with Crippen molar-refractivity contribution >= 4 is 16.9 Å². The Morgan fingerprint density at radius 3 is 2.96 bits per heavy atom. The fourth-order valence-electron chi connectivity index (χ4n) is 2.65. The molecular formula is C17H21FN6. The van der Waals surface area contributed by atoms with Gasteiger partial charge in [-0.05, 0) is 36.2 Å². The van der Waals surface area contributed by atoms with Crippen molar-refractivity contribution in [3.05, 3.63) is 53.7 Å². The van der Waals surface area contributed by atoms with Gasteiger partial charge in [0.25, 0.3) is 0 Å². The Morgan fingerprint density at radius 2 is 2.21 bits per heavy atom. The van der Waals surface area contributed by atoms with E-state index in [9.17, 15) is 4.39 Å². The Kier molecular flexibility index (Phi) is 4.79. The fraction of sp³-hybridized carbons (Fsp3) is 0.294. The second-order valence-electron chi connectivity index (χ2n) is 5.55. The van der Waals surface area contributed by atoms with Crippen molar-refractivity contribution in [1.29, 1.82) is 0 Å². The molecule has 0 aliphatic carbocycles. The second-order valence-corrected chi connectivity index (χ2v) is 5.55. The number of guanidine groups is 1. The van der Waals surface area contributed by atoms with Crippen LogP contribution in [0.1, 0.15) is 11.3 Å². The highest BCUT2D eigenvalue weighted by molar-refractivity contribution is 5.83. The minimum Gasteiger partial charge on any atom is -0.361 e. The molecule has 3 N–H and O–H groups in total. The Balaban J connectivity index is 1.53. The lowest BCUT2D eigenvalue weighted by Gasteiger charge is -2.11. The van der Waals surface area contributed by atoms with Gasteiger partial charge in [0.2, 0.25) is 0 Å². The summed E-state index contributed by atoms with van der Waals surface area (Å²) in [5.41, 5.74) is 3.06. The SMILES string of the molecule is CN=C(NCCc1c[nH]c2cc(F)ccc12)NCc1ccnn1C. The van der Waals surface area contributed by atoms with Crippen LogP contribution in [0.5, 0.6) is 0 Å². The molecule has 0 saturated heterocycles. The van der Waals surface area contributed by atoms with Crippen molar-refractivity contribution in [2.45, 2.75) is 13.0 Å². The first-order valence-electron chi connectivity index (χ1n) is 7.84. The number of fused-ring (bicyclic) bond motifs is 1. The molecule has 0 aliphatic rings. The van der Waals surface area contributed by atoms with Gasteiger partial charge in [0.05, 0.1) is 12.2 Å². The number of aromatic nitrogens is 3. The number of nitrogens with one attached hydrogen (secondary N) is 3. The average molecular weight is 328 g/mol. The Morgan fingerprint density at radius 1 is 1.33 bits per heavy atom. The van der Waals surface area contributed by atoms with Crippen LogP contribution in [0, 0.1) is 5.82 Å². The monoisotopic (exact) mass is 328 g/mol. The number of rotatable bonds is 5. The molecular weight excluding hydrogens is 307 g/mol. The molecule has 24 heavy (non-hydrogen) atoms. The van der Waals surface area contributed by atoms with E-state index >= 15 is 0 Å². The van der Waals surface area contributed by atoms with Crippen LogP contribution in [0.4, 0.5) is 4.39 Å². The van der Waals surface area contributed by atoms with E-state index in [-0.39, 0.29) is 5.82 Å². The summed E-state index contributed by atoms with van der Waals surface area (Å²) in [7, 11) is 3.65. The maximum absolute atomic E-state index is 13.2. The zero-order valence-corrected chi connectivity index (χ0v) is 13.8. The van der Waals surface area contributed by atoms with Gasteiger partial charge < -0.3 is 15.6 Å². The average Bonchev–Trinajstić information content (AvgIpc) is 3.16. The molecule has 2 heterocycles. The molecule has 1 aromatic carbocycles. The normalized spacial score (nSPS) is 11.9. The van der Waals surface area contributed by atoms with Gasteiger partial charge in [0, 0.05) is 43.9 Å². The zero-order chi connectivity index (χ0) is 16.9. The van der Waals surface area contributed by atoms with Gasteiger partial charge in [0.15, 0.2) is 5.96 Å². The van der Waals surface area contributed by atoms with Crippen LogP contribution >= 0.6 is 0 Å². The number of benzene rings is 1. The van der Waals surface area contributed by atoms with Gasteiger partial charge in [-0.25, -0.2) is 4.39 Å². The van der Waals surface area contributed by atoms with Gasteiger partial charge in [-0.1, -0.05) is 0 Å². The van der Waals surface area contributed by atoms with Crippen LogP contribution in [-0.4, -0.2) is 34.3 Å². The van der Waals surface area contributed by atoms with Crippen LogP contribution in [-0.2, 0) is 20.0 Å². The predicted octanol–water partition coefficient (Wildman–Crippen LogP) is 1.95. The summed E-state index contributed by atoms with van der Waals surface area (Å²) in [6, 6.07) is 6.78. The maximum Gasteiger partial charge on any atom is 0.191 e. The molecule has 0 radical (unpaired) electrons. The van der Waals surface area contributed by atoms with Gasteiger partial charge in [-0.2, -0.15) is 5.10 Å². The molecule has 0 amide bonds. The number of H-pyrrole nitrogens is 1. The number of aromatic amines is 1. The number of hydrogen-bond donors (Lipinski definition) is 3. The van der Waals surface area contributed by atoms with Gasteiger partial charge in [0.1, 0.15) is 5.82 Å². The number of halogens is 1. The van der Waals surface area contributed by atoms with Crippen molar-refractivity contribution < 1.29 is 4.39 Å². The third-order valence-electron chi connectivity index (χ3n) is 4.00. The van der Waals surface area contributed by atoms with Crippen LogP contribution in [0.2, 0.25) is 0 Å². The lowest BCUT2D eigenvalue weighted by atomic mass is 10.1. The zero-order valence-electron chi connectivity index (χ0n) is 13.8. The van der Waals surface area contributed by atoms with Gasteiger partial charge in [-0.15, -0.1) is 0 Å². The molecule has 0 atom stereocenters. The Labute approximate surface area is 139 Å². The Bertz CT molecular complexity index is 848. The van der Waals surface area contributed by atoms with Gasteiger partial charge in [-0.3, -0.25) is 9.67 Å². The summed E-state index contributed by atoms with van der Waals surface area (Å²) in [5, 5.41) is 11.7. The molecule has 6 nitrogen and oxygen atoms in total. The van der Waals surface area contributed by atoms with Crippen molar-refractivity contribution in [3.63, 3.8) is 0 Å². The smallest absolute Gasteiger partial charge is 0.191 e. The van der Waals surface area contributed by atoms with Gasteiger partial charge >= 0.3 is 0 Å². The summed E-state index contributed by atoms with van der Waals surface area (Å²) < 4.78 is 15.0. The van der Waals surface area contributed by atoms with E-state index < -0.39 is 0 Å². The molecule has 2 aromatic heterocycles. The second kappa shape index (κ2) is 7.16. The van der Waals surface area contributed by atoms with Crippen LogP contribution in [0.3, 0.4) is 0 Å². The van der Waals surface area contributed by atoms with E-state index in [1.807, 2.05) is 30.1 Å². The summed E-state index contributed by atoms with van der Waals surface area (Å²) in [6.45, 7) is 1.39. The predicted molar refractivity (Wildman–Crippen MR) is 93.4 cm³/mol. The number of hydrogen-bond acceptors (Lipinski definition) is 2. The molecule has 0 fully saturated rings. The van der Waals surface area contributed by atoms with E-state index in [1.165, 1.54) is 12.1 Å². The lowest BCUT2D eigenvalue weighted by molar-refractivity contribution is 0.629. The van der Waals surface area contributed by atoms with Crippen LogP contribution < -0.4 is 10.6 Å². The number of aliphatic imine (C=N–C) groups is 1. The lowest BCUT2D eigenvalue weighted by Crippen LogP contribution is -2.38. The van der Waals surface area contributed by atoms with E-state index in [0.29, 0.717) is 6.54 Å². The standard InChI is InChI=1S/C17H21FN6/c1-19-17(22-11-14-6-8-23-24(14)2)20-7-5-12-10-21-16-9-13(18)3-4-15(12)16/h3-4,6,8-10,21H,5,7,11H2,1-2H3,(H2,19,20,22). The van der Waals surface area contributed by atoms with Crippen LogP contribution in [0.15, 0.2) is 41.7 Å². The van der Waals surface area contributed by atoms with Crippen LogP contribution in [0.25, 0.3) is 10.9 Å². The minimum atomic E-state index is -0.228. The number of aryl methyl sites for hydroxylation is 1. The van der Waals surface area contributed by atoms with E-state index in [4.69, 9.17) is 0 Å². The highest BCUT2D eigenvalue weighted by atomic mass is 19.1. The number of nitrogens with zero attached hydrogens (tertiary/aromatic N) is 3. The van der Waals surface area contributed by atoms with Crippen molar-refractivity contribution in [1.82, 2.24) is 25.4 Å². The largest absolute Gasteiger partial charge is 0.361 e. The first-order valence-corrected chi connectivity index (χ1v) is 7.84. The van der Waals surface area contributed by atoms with Crippen molar-refractivity contribution in [2.75, 3.05) is 13.6 Å². The summed E-state index contributed by atoms with van der Waals surface area (Å²) in [6.07, 6.45) is 4.52. The summed E-state index contributed by atoms with van der Waals surface area (Å²) in [5.74, 6) is 0.510. The molecule has 0 saturated carbocycles. The van der Waals surface area contributed by atoms with Crippen molar-refractivity contribution in [3.8, 4) is 0 Å². The first kappa shape index (κ1) is 16.0. The quantitative estimate of drug-likeness (QED) is 0.495. The molecule has 126 valence electrons. The van der Waals surface area contributed by atoms with E-state index in [1.54, 1.807) is 13.2 Å². The maximum atomic E-state index is 13.2. The van der Waals surface area contributed by atoms with E-state index in [2.05, 4.69) is 25.7 Å². The molecule has 0 bridgehead atoms. The summed E-state index contributed by atoms with van der Waals surface area (Å²) in [4.78, 5) is 7.32. The third kappa shape index (κ3) is 3.56. The topological polar surface area (TPSA) is 70.0 Å². The van der Waals surface area contributed by atoms with Crippen molar-refractivity contribution in [2.24, 2.45) is 12.0 Å². The molecule has 3 aromatic rings. The molecule has 7 heteroatoms. The molecule has 0 aliphatic heterocycles. The third-order valence-corrected chi connectivity index (χ3v) is 4.00.